The average Bonchev–Trinajstić information content (AvgIpc) is 2.33. The molecule has 34 valence electrons. The summed E-state index contributed by atoms with van der Waals surface area (Å²) in [6.45, 7) is 0. The van der Waals surface area contributed by atoms with Crippen LogP contribution in [0.3, 0.4) is 0 Å². The van der Waals surface area contributed by atoms with Gasteiger partial charge in [-0.05, 0) is 17.7 Å². The molecule has 0 fully saturated rings. The Balaban J connectivity index is 2.77. The molecule has 1 heteroatoms. The van der Waals surface area contributed by atoms with Gasteiger partial charge in [-0.2, -0.15) is 0 Å². The van der Waals surface area contributed by atoms with Crippen LogP contribution in [0.25, 0.3) is 11.1 Å². The first-order valence-corrected chi connectivity index (χ1v) is 2.18. The molecule has 2 rings (SSSR count). The molecule has 0 amide bonds. The highest BCUT2D eigenvalue weighted by Gasteiger charge is 2.15. The van der Waals surface area contributed by atoms with Gasteiger partial charge in [0, 0.05) is 5.56 Å². The lowest BCUT2D eigenvalue weighted by molar-refractivity contribution is 0.637. The zero-order valence-electron chi connectivity index (χ0n) is 3.61. The van der Waals surface area contributed by atoms with Gasteiger partial charge in [-0.25, -0.2) is 4.39 Å². The van der Waals surface area contributed by atoms with E-state index in [4.69, 9.17) is 0 Å². The maximum Gasteiger partial charge on any atom is 0.131 e. The minimum atomic E-state index is -0.0741. The number of hydrogen-bond acceptors (Lipinski definition) is 0. The Morgan fingerprint density at radius 3 is 2.29 bits per heavy atom. The van der Waals surface area contributed by atoms with Crippen molar-refractivity contribution < 1.29 is 4.39 Å². The molecule has 0 saturated heterocycles. The molecule has 0 aromatic carbocycles. The molecule has 0 N–H and O–H groups in total. The molecule has 0 aliphatic heterocycles. The minimum Gasteiger partial charge on any atom is -0.206 e. The fourth-order valence-corrected chi connectivity index (χ4v) is 0.717. The van der Waals surface area contributed by atoms with Crippen molar-refractivity contribution in [2.24, 2.45) is 0 Å². The van der Waals surface area contributed by atoms with Gasteiger partial charge in [0.1, 0.15) is 5.82 Å². The second-order valence-corrected chi connectivity index (χ2v) is 1.69. The molecular formula is C6H3F. The van der Waals surface area contributed by atoms with Crippen molar-refractivity contribution in [3.8, 4) is 11.1 Å². The molecule has 0 aromatic heterocycles. The zero-order chi connectivity index (χ0) is 4.85. The first-order valence-electron chi connectivity index (χ1n) is 2.18. The van der Waals surface area contributed by atoms with E-state index in [0.717, 1.165) is 11.1 Å². The summed E-state index contributed by atoms with van der Waals surface area (Å²) in [6, 6.07) is 5.10. The average molecular weight is 94.1 g/mol. The first kappa shape index (κ1) is 3.19. The van der Waals surface area contributed by atoms with Crippen LogP contribution in [0.15, 0.2) is 18.2 Å². The number of halogens is 1. The van der Waals surface area contributed by atoms with E-state index in [9.17, 15) is 4.39 Å². The van der Waals surface area contributed by atoms with Crippen molar-refractivity contribution in [1.29, 1.82) is 0 Å². The van der Waals surface area contributed by atoms with E-state index >= 15 is 0 Å². The third-order valence-electron chi connectivity index (χ3n) is 1.19. The highest BCUT2D eigenvalue weighted by molar-refractivity contribution is 5.81. The van der Waals surface area contributed by atoms with Gasteiger partial charge in [0.05, 0.1) is 0 Å². The normalized spacial score (nSPS) is 11.6. The number of benzene rings is 1. The first-order chi connectivity index (χ1) is 3.38. The minimum absolute atomic E-state index is 0.0741. The molecule has 0 spiro atoms. The third kappa shape index (κ3) is 0.255. The molecule has 0 nitrogen and oxygen atoms in total. The van der Waals surface area contributed by atoms with Gasteiger partial charge in [0.25, 0.3) is 0 Å². The summed E-state index contributed by atoms with van der Waals surface area (Å²) in [7, 11) is 0. The molecule has 0 bridgehead atoms. The summed E-state index contributed by atoms with van der Waals surface area (Å²) in [6.07, 6.45) is 0. The van der Waals surface area contributed by atoms with E-state index in [2.05, 4.69) is 0 Å². The molecule has 0 heterocycles. The largest absolute Gasteiger partial charge is 0.206 e. The number of hydrogen-bond donors (Lipinski definition) is 0. The third-order valence-corrected chi connectivity index (χ3v) is 1.19. The molecule has 0 unspecified atom stereocenters. The molecular weight excluding hydrogens is 91.1 g/mol. The smallest absolute Gasteiger partial charge is 0.131 e. The van der Waals surface area contributed by atoms with Crippen molar-refractivity contribution in [2.45, 2.75) is 0 Å². The van der Waals surface area contributed by atoms with Crippen LogP contribution in [0.4, 0.5) is 4.39 Å². The van der Waals surface area contributed by atoms with E-state index in [1.165, 1.54) is 6.07 Å². The van der Waals surface area contributed by atoms with Crippen LogP contribution in [-0.2, 0) is 0 Å². The quantitative estimate of drug-likeness (QED) is 0.467. The Labute approximate surface area is 40.6 Å². The summed E-state index contributed by atoms with van der Waals surface area (Å²) < 4.78 is 12.1. The number of rotatable bonds is 0. The monoisotopic (exact) mass is 94.0 g/mol. The van der Waals surface area contributed by atoms with Gasteiger partial charge in [-0.3, -0.25) is 0 Å². The lowest BCUT2D eigenvalue weighted by atomic mass is 10.5. The van der Waals surface area contributed by atoms with Crippen LogP contribution < -0.4 is 0 Å². The molecule has 0 aromatic rings. The molecule has 2 aliphatic carbocycles. The van der Waals surface area contributed by atoms with Gasteiger partial charge in [0.2, 0.25) is 0 Å². The van der Waals surface area contributed by atoms with Gasteiger partial charge < -0.3 is 0 Å². The predicted molar refractivity (Wildman–Crippen MR) is 25.4 cm³/mol. The van der Waals surface area contributed by atoms with E-state index in [1.807, 2.05) is 6.07 Å². The van der Waals surface area contributed by atoms with Crippen LogP contribution in [-0.4, -0.2) is 0 Å². The Morgan fingerprint density at radius 1 is 1.29 bits per heavy atom. The van der Waals surface area contributed by atoms with Crippen molar-refractivity contribution in [3.05, 3.63) is 24.0 Å². The Bertz CT molecular complexity index is 215. The van der Waals surface area contributed by atoms with Crippen LogP contribution in [0.1, 0.15) is 0 Å². The lowest BCUT2D eigenvalue weighted by Gasteiger charge is -1.66. The fraction of sp³-hybridized carbons (Fsp3) is 0. The highest BCUT2D eigenvalue weighted by atomic mass is 19.1. The summed E-state index contributed by atoms with van der Waals surface area (Å²) in [4.78, 5) is 0. The van der Waals surface area contributed by atoms with E-state index in [-0.39, 0.29) is 5.82 Å². The van der Waals surface area contributed by atoms with Crippen molar-refractivity contribution in [2.75, 3.05) is 0 Å². The van der Waals surface area contributed by atoms with Crippen LogP contribution in [0.5, 0.6) is 0 Å². The Morgan fingerprint density at radius 2 is 2.14 bits per heavy atom. The zero-order valence-corrected chi connectivity index (χ0v) is 3.61. The molecule has 0 atom stereocenters. The standard InChI is InChI=1S/C6H3F/c7-6-2-1-4-3-5(4)6/h1-3H. The van der Waals surface area contributed by atoms with Gasteiger partial charge >= 0.3 is 0 Å². The van der Waals surface area contributed by atoms with Crippen molar-refractivity contribution in [3.63, 3.8) is 0 Å². The summed E-state index contributed by atoms with van der Waals surface area (Å²) in [5, 5.41) is 0. The van der Waals surface area contributed by atoms with E-state index < -0.39 is 0 Å². The Hall–Kier alpha value is -0.850. The summed E-state index contributed by atoms with van der Waals surface area (Å²) >= 11 is 0. The van der Waals surface area contributed by atoms with Gasteiger partial charge in [-0.15, -0.1) is 0 Å². The predicted octanol–water partition coefficient (Wildman–Crippen LogP) is 1.81. The van der Waals surface area contributed by atoms with Crippen LogP contribution in [0.2, 0.25) is 0 Å². The number of fused-ring (bicyclic) bond motifs is 1. The SMILES string of the molecule is Fc1ccc2cc1-2. The van der Waals surface area contributed by atoms with Crippen molar-refractivity contribution in [1.82, 2.24) is 0 Å². The molecule has 0 radical (unpaired) electrons. The molecule has 7 heavy (non-hydrogen) atoms. The fourth-order valence-electron chi connectivity index (χ4n) is 0.717. The van der Waals surface area contributed by atoms with Crippen LogP contribution >= 0.6 is 0 Å². The van der Waals surface area contributed by atoms with E-state index in [0.29, 0.717) is 0 Å². The maximum atomic E-state index is 12.1. The van der Waals surface area contributed by atoms with Gasteiger partial charge in [-0.1, -0.05) is 6.07 Å². The Kier molecular flexibility index (Phi) is 0.325. The lowest BCUT2D eigenvalue weighted by Crippen LogP contribution is -1.52. The van der Waals surface area contributed by atoms with Gasteiger partial charge in [0.15, 0.2) is 0 Å². The second kappa shape index (κ2) is 0.713. The second-order valence-electron chi connectivity index (χ2n) is 1.69. The molecule has 0 saturated carbocycles. The van der Waals surface area contributed by atoms with Crippen molar-refractivity contribution >= 4 is 0 Å². The molecule has 2 aliphatic rings. The topological polar surface area (TPSA) is 0 Å². The summed E-state index contributed by atoms with van der Waals surface area (Å²) in [5.74, 6) is -0.0741. The summed E-state index contributed by atoms with van der Waals surface area (Å²) in [5.41, 5.74) is 1.87. The van der Waals surface area contributed by atoms with E-state index in [1.54, 1.807) is 6.07 Å². The van der Waals surface area contributed by atoms with Crippen LogP contribution in [0, 0.1) is 5.82 Å². The highest BCUT2D eigenvalue weighted by Crippen LogP contribution is 2.36. The maximum absolute atomic E-state index is 12.1.